The summed E-state index contributed by atoms with van der Waals surface area (Å²) in [6, 6.07) is 6.16. The molecule has 0 bridgehead atoms. The Morgan fingerprint density at radius 3 is 2.55 bits per heavy atom. The van der Waals surface area contributed by atoms with Crippen molar-refractivity contribution in [3.05, 3.63) is 85.2 Å². The zero-order chi connectivity index (χ0) is 23.9. The molecule has 0 aliphatic carbocycles. The number of rotatable bonds is 4. The van der Waals surface area contributed by atoms with Gasteiger partial charge in [-0.1, -0.05) is 23.2 Å². The topological polar surface area (TPSA) is 87.3 Å². The summed E-state index contributed by atoms with van der Waals surface area (Å²) in [5, 5.41) is 8.40. The molecule has 1 atom stereocenters. The highest BCUT2D eigenvalue weighted by Gasteiger charge is 2.36. The number of carbonyl (C=O) groups is 3. The van der Waals surface area contributed by atoms with Crippen molar-refractivity contribution in [3.8, 4) is 0 Å². The van der Waals surface area contributed by atoms with Crippen molar-refractivity contribution in [3.63, 3.8) is 0 Å². The van der Waals surface area contributed by atoms with E-state index in [0.29, 0.717) is 11.1 Å². The summed E-state index contributed by atoms with van der Waals surface area (Å²) < 4.78 is 27.8. The predicted molar refractivity (Wildman–Crippen MR) is 122 cm³/mol. The van der Waals surface area contributed by atoms with Crippen LogP contribution in [0.4, 0.5) is 13.8 Å². The summed E-state index contributed by atoms with van der Waals surface area (Å²) in [5.41, 5.74) is 1.02. The second-order valence-corrected chi connectivity index (χ2v) is 9.05. The van der Waals surface area contributed by atoms with E-state index in [4.69, 9.17) is 23.2 Å². The van der Waals surface area contributed by atoms with E-state index >= 15 is 0 Å². The molecule has 0 fully saturated rings. The van der Waals surface area contributed by atoms with Crippen molar-refractivity contribution in [2.45, 2.75) is 12.5 Å². The van der Waals surface area contributed by atoms with E-state index in [0.717, 1.165) is 23.5 Å². The molecular weight excluding hydrogens is 495 g/mol. The SMILES string of the molecule is CNC(=O)c1sc(NC(=O)c2cc(F)cc(Cl)c2)c2c1CC(=O)NC2c1cc(F)ccc1Cl. The molecule has 6 nitrogen and oxygen atoms in total. The zero-order valence-corrected chi connectivity index (χ0v) is 19.2. The third-order valence-corrected chi connectivity index (χ3v) is 6.76. The fraction of sp³-hybridized carbons (Fsp3) is 0.136. The smallest absolute Gasteiger partial charge is 0.261 e. The van der Waals surface area contributed by atoms with E-state index < -0.39 is 35.4 Å². The van der Waals surface area contributed by atoms with Crippen LogP contribution >= 0.6 is 34.5 Å². The maximum absolute atomic E-state index is 14.0. The van der Waals surface area contributed by atoms with Gasteiger partial charge >= 0.3 is 0 Å². The lowest BCUT2D eigenvalue weighted by Crippen LogP contribution is -2.37. The summed E-state index contributed by atoms with van der Waals surface area (Å²) >= 11 is 13.1. The number of benzene rings is 2. The van der Waals surface area contributed by atoms with Crippen molar-refractivity contribution in [1.29, 1.82) is 0 Å². The Morgan fingerprint density at radius 1 is 1.09 bits per heavy atom. The molecule has 1 aromatic heterocycles. The maximum atomic E-state index is 14.0. The number of halogens is 4. The molecule has 2 heterocycles. The Balaban J connectivity index is 1.86. The van der Waals surface area contributed by atoms with Crippen molar-refractivity contribution in [2.24, 2.45) is 0 Å². The highest BCUT2D eigenvalue weighted by Crippen LogP contribution is 2.44. The number of nitrogens with one attached hydrogen (secondary N) is 3. The highest BCUT2D eigenvalue weighted by atomic mass is 35.5. The molecule has 0 saturated heterocycles. The first kappa shape index (κ1) is 23.2. The van der Waals surface area contributed by atoms with E-state index in [-0.39, 0.29) is 37.5 Å². The summed E-state index contributed by atoms with van der Waals surface area (Å²) in [5.74, 6) is -2.79. The molecule has 170 valence electrons. The van der Waals surface area contributed by atoms with E-state index in [1.807, 2.05) is 0 Å². The normalized spacial score (nSPS) is 14.9. The van der Waals surface area contributed by atoms with Gasteiger partial charge in [0.25, 0.3) is 11.8 Å². The number of anilines is 1. The first-order valence-corrected chi connectivity index (χ1v) is 11.1. The average Bonchev–Trinajstić information content (AvgIpc) is 3.11. The molecule has 2 aromatic carbocycles. The molecule has 0 radical (unpaired) electrons. The van der Waals surface area contributed by atoms with Crippen LogP contribution < -0.4 is 16.0 Å². The molecule has 11 heteroatoms. The third kappa shape index (κ3) is 4.57. The Labute approximate surface area is 200 Å². The number of amides is 3. The van der Waals surface area contributed by atoms with Gasteiger partial charge in [0.2, 0.25) is 5.91 Å². The molecule has 1 unspecified atom stereocenters. The van der Waals surface area contributed by atoms with E-state index in [9.17, 15) is 23.2 Å². The van der Waals surface area contributed by atoms with Gasteiger partial charge < -0.3 is 16.0 Å². The third-order valence-electron chi connectivity index (χ3n) is 5.03. The van der Waals surface area contributed by atoms with Crippen LogP contribution in [-0.2, 0) is 11.2 Å². The van der Waals surface area contributed by atoms with Crippen LogP contribution in [0.2, 0.25) is 10.0 Å². The molecule has 4 rings (SSSR count). The van der Waals surface area contributed by atoms with Crippen LogP contribution in [0.1, 0.15) is 42.8 Å². The summed E-state index contributed by atoms with van der Waals surface area (Å²) in [6.07, 6.45) is -0.125. The Bertz CT molecular complexity index is 1290. The Morgan fingerprint density at radius 2 is 1.85 bits per heavy atom. The lowest BCUT2D eigenvalue weighted by atomic mass is 9.90. The van der Waals surface area contributed by atoms with E-state index in [1.54, 1.807) is 0 Å². The van der Waals surface area contributed by atoms with Crippen LogP contribution in [0, 0.1) is 11.6 Å². The van der Waals surface area contributed by atoms with Gasteiger partial charge in [-0.2, -0.15) is 0 Å². The molecule has 3 aromatic rings. The van der Waals surface area contributed by atoms with E-state index in [1.165, 1.54) is 31.3 Å². The number of carbonyl (C=O) groups excluding carboxylic acids is 3. The van der Waals surface area contributed by atoms with Crippen LogP contribution in [-0.4, -0.2) is 24.8 Å². The van der Waals surface area contributed by atoms with Crippen LogP contribution in [0.25, 0.3) is 0 Å². The largest absolute Gasteiger partial charge is 0.354 e. The number of hydrogen-bond donors (Lipinski definition) is 3. The molecule has 33 heavy (non-hydrogen) atoms. The van der Waals surface area contributed by atoms with Crippen LogP contribution in [0.15, 0.2) is 36.4 Å². The Hall–Kier alpha value is -3.01. The van der Waals surface area contributed by atoms with Gasteiger partial charge in [0.1, 0.15) is 16.6 Å². The maximum Gasteiger partial charge on any atom is 0.261 e. The monoisotopic (exact) mass is 509 g/mol. The molecule has 0 spiro atoms. The fourth-order valence-corrected chi connectivity index (χ4v) is 5.27. The second-order valence-electron chi connectivity index (χ2n) is 7.19. The van der Waals surface area contributed by atoms with Gasteiger partial charge in [0.15, 0.2) is 0 Å². The molecule has 3 N–H and O–H groups in total. The zero-order valence-electron chi connectivity index (χ0n) is 16.9. The van der Waals surface area contributed by atoms with Crippen molar-refractivity contribution in [2.75, 3.05) is 12.4 Å². The number of hydrogen-bond acceptors (Lipinski definition) is 4. The molecular formula is C22H15Cl2F2N3O3S. The summed E-state index contributed by atoms with van der Waals surface area (Å²) in [7, 11) is 1.44. The lowest BCUT2D eigenvalue weighted by molar-refractivity contribution is -0.121. The number of fused-ring (bicyclic) bond motifs is 1. The minimum atomic E-state index is -0.925. The second kappa shape index (κ2) is 9.09. The molecule has 1 aliphatic rings. The number of thiophene rings is 1. The van der Waals surface area contributed by atoms with Crippen molar-refractivity contribution < 1.29 is 23.2 Å². The molecule has 0 saturated carbocycles. The van der Waals surface area contributed by atoms with Gasteiger partial charge in [-0.25, -0.2) is 8.78 Å². The predicted octanol–water partition coefficient (Wildman–Crippen LogP) is 4.71. The van der Waals surface area contributed by atoms with Crippen LogP contribution in [0.3, 0.4) is 0 Å². The minimum absolute atomic E-state index is 0.0380. The van der Waals surface area contributed by atoms with Crippen molar-refractivity contribution >= 4 is 57.3 Å². The van der Waals surface area contributed by atoms with Gasteiger partial charge in [0.05, 0.1) is 17.3 Å². The quantitative estimate of drug-likeness (QED) is 0.476. The fourth-order valence-electron chi connectivity index (χ4n) is 3.62. The summed E-state index contributed by atoms with van der Waals surface area (Å²) in [6.45, 7) is 0. The van der Waals surface area contributed by atoms with Gasteiger partial charge in [-0.3, -0.25) is 14.4 Å². The minimum Gasteiger partial charge on any atom is -0.354 e. The molecule has 1 aliphatic heterocycles. The lowest BCUT2D eigenvalue weighted by Gasteiger charge is -2.27. The van der Waals surface area contributed by atoms with E-state index in [2.05, 4.69) is 16.0 Å². The van der Waals surface area contributed by atoms with Crippen molar-refractivity contribution in [1.82, 2.24) is 10.6 Å². The van der Waals surface area contributed by atoms with Gasteiger partial charge in [-0.15, -0.1) is 11.3 Å². The summed E-state index contributed by atoms with van der Waals surface area (Å²) in [4.78, 5) is 38.1. The highest BCUT2D eigenvalue weighted by molar-refractivity contribution is 7.18. The molecule has 3 amide bonds. The van der Waals surface area contributed by atoms with Gasteiger partial charge in [-0.05, 0) is 42.0 Å². The first-order chi connectivity index (χ1) is 15.7. The average molecular weight is 510 g/mol. The standard InChI is InChI=1S/C22H15Cl2F2N3O3S/c1-27-21(32)19-14-8-16(30)28-18(13-7-11(25)2-3-15(13)24)17(14)22(33-19)29-20(31)9-4-10(23)6-12(26)5-9/h2-7,18H,8H2,1H3,(H,27,32)(H,28,30)(H,29,31). The first-order valence-electron chi connectivity index (χ1n) is 9.57. The van der Waals surface area contributed by atoms with Gasteiger partial charge in [0, 0.05) is 33.8 Å². The van der Waals surface area contributed by atoms with Crippen LogP contribution in [0.5, 0.6) is 0 Å². The Kier molecular flexibility index (Phi) is 6.38.